The molecular formula is C10H13HgN5O5. The second-order valence-corrected chi connectivity index (χ2v) is 4.50. The van der Waals surface area contributed by atoms with Crippen LogP contribution in [-0.2, 0) is 32.4 Å². The van der Waals surface area contributed by atoms with Crippen LogP contribution in [0.2, 0.25) is 0 Å². The first-order valence-electron chi connectivity index (χ1n) is 5.87. The van der Waals surface area contributed by atoms with Crippen LogP contribution < -0.4 is 11.3 Å². The number of H-pyrrole nitrogens is 1. The third-order valence-corrected chi connectivity index (χ3v) is 3.24. The Kier molecular flexibility index (Phi) is 4.63. The van der Waals surface area contributed by atoms with Crippen LogP contribution in [0.5, 0.6) is 0 Å². The van der Waals surface area contributed by atoms with Gasteiger partial charge in [-0.15, -0.1) is 0 Å². The van der Waals surface area contributed by atoms with Crippen LogP contribution in [0.3, 0.4) is 0 Å². The second-order valence-electron chi connectivity index (χ2n) is 4.50. The molecule has 3 heterocycles. The third kappa shape index (κ3) is 2.57. The van der Waals surface area contributed by atoms with E-state index in [0.717, 1.165) is 0 Å². The summed E-state index contributed by atoms with van der Waals surface area (Å²) in [6, 6.07) is 0. The van der Waals surface area contributed by atoms with Gasteiger partial charge in [-0.3, -0.25) is 14.3 Å². The first-order valence-corrected chi connectivity index (χ1v) is 5.87. The number of nitrogens with two attached hydrogens (primary N) is 1. The van der Waals surface area contributed by atoms with E-state index in [1.165, 1.54) is 10.9 Å². The number of hydrogen-bond donors (Lipinski definition) is 5. The van der Waals surface area contributed by atoms with Crippen LogP contribution in [0.1, 0.15) is 6.23 Å². The van der Waals surface area contributed by atoms with Crippen LogP contribution in [0.4, 0.5) is 5.95 Å². The summed E-state index contributed by atoms with van der Waals surface area (Å²) in [5, 5.41) is 28.7. The Morgan fingerprint density at radius 2 is 2.14 bits per heavy atom. The van der Waals surface area contributed by atoms with Crippen LogP contribution >= 0.6 is 0 Å². The van der Waals surface area contributed by atoms with E-state index < -0.39 is 36.7 Å². The maximum atomic E-state index is 11.7. The SMILES string of the molecule is Nc1nc2c(ncn2[C@@H]2O[C@H](CO)[C@@H](O)[C@H]2O)c(=O)[nH]1.[Hg]. The summed E-state index contributed by atoms with van der Waals surface area (Å²) in [5.41, 5.74) is 5.12. The van der Waals surface area contributed by atoms with E-state index in [2.05, 4.69) is 15.0 Å². The van der Waals surface area contributed by atoms with Gasteiger partial charge in [0.25, 0.3) is 5.56 Å². The number of hydrogen-bond acceptors (Lipinski definition) is 8. The number of aromatic nitrogens is 4. The standard InChI is InChI=1S/C10H13N5O5.Hg/c11-10-13-7-4(8(19)14-10)12-2-15(7)9-6(18)5(17)3(1-16)20-9;/h2-3,5-6,9,16-18H,1H2,(H3,11,13,14,19);/t3-,5-,6-,9-;/m1./s1. The normalized spacial score (nSPS) is 28.7. The maximum absolute atomic E-state index is 11.7. The molecule has 0 amide bonds. The van der Waals surface area contributed by atoms with Gasteiger partial charge in [0.15, 0.2) is 17.4 Å². The van der Waals surface area contributed by atoms with E-state index in [-0.39, 0.29) is 44.8 Å². The van der Waals surface area contributed by atoms with Gasteiger partial charge in [-0.2, -0.15) is 4.98 Å². The van der Waals surface area contributed by atoms with Crippen molar-refractivity contribution in [1.29, 1.82) is 0 Å². The van der Waals surface area contributed by atoms with Gasteiger partial charge in [-0.1, -0.05) is 0 Å². The maximum Gasteiger partial charge on any atom is 0.280 e. The molecule has 1 aliphatic rings. The fourth-order valence-electron chi connectivity index (χ4n) is 2.24. The Bertz CT molecular complexity index is 703. The third-order valence-electron chi connectivity index (χ3n) is 3.24. The van der Waals surface area contributed by atoms with Gasteiger partial charge in [-0.05, 0) is 0 Å². The predicted molar refractivity (Wildman–Crippen MR) is 65.6 cm³/mol. The van der Waals surface area contributed by atoms with Crippen molar-refractivity contribution in [2.75, 3.05) is 12.3 Å². The van der Waals surface area contributed by atoms with Crippen molar-refractivity contribution in [2.45, 2.75) is 24.5 Å². The van der Waals surface area contributed by atoms with Gasteiger partial charge in [0.1, 0.15) is 18.3 Å². The first kappa shape index (κ1) is 16.3. The van der Waals surface area contributed by atoms with Crippen molar-refractivity contribution in [3.63, 3.8) is 0 Å². The zero-order valence-corrected chi connectivity index (χ0v) is 16.4. The number of nitrogen functional groups attached to an aromatic ring is 1. The molecule has 1 aliphatic heterocycles. The molecule has 0 saturated carbocycles. The molecule has 0 aliphatic carbocycles. The molecule has 0 bridgehead atoms. The molecule has 0 spiro atoms. The summed E-state index contributed by atoms with van der Waals surface area (Å²) in [5.74, 6) is -0.101. The van der Waals surface area contributed by atoms with Gasteiger partial charge in [-0.25, -0.2) is 4.98 Å². The number of aromatic amines is 1. The smallest absolute Gasteiger partial charge is 0.280 e. The van der Waals surface area contributed by atoms with Gasteiger partial charge < -0.3 is 25.8 Å². The minimum absolute atomic E-state index is 0. The average Bonchev–Trinajstić information content (AvgIpc) is 2.93. The molecule has 2 aromatic heterocycles. The molecule has 0 aromatic carbocycles. The van der Waals surface area contributed by atoms with Crippen molar-refractivity contribution >= 4 is 17.1 Å². The number of aliphatic hydroxyl groups excluding tert-OH is 3. The minimum atomic E-state index is -1.29. The van der Waals surface area contributed by atoms with Crippen molar-refractivity contribution in [1.82, 2.24) is 19.5 Å². The summed E-state index contributed by atoms with van der Waals surface area (Å²) in [7, 11) is 0. The Morgan fingerprint density at radius 1 is 1.43 bits per heavy atom. The molecule has 21 heavy (non-hydrogen) atoms. The number of nitrogens with zero attached hydrogens (tertiary/aromatic N) is 3. The van der Waals surface area contributed by atoms with Gasteiger partial charge in [0.2, 0.25) is 5.95 Å². The number of fused-ring (bicyclic) bond motifs is 1. The van der Waals surface area contributed by atoms with Gasteiger partial charge >= 0.3 is 0 Å². The molecule has 4 atom stereocenters. The quantitative estimate of drug-likeness (QED) is 0.289. The summed E-state index contributed by atoms with van der Waals surface area (Å²) >= 11 is 0. The summed E-state index contributed by atoms with van der Waals surface area (Å²) < 4.78 is 6.64. The molecular weight excluding hydrogens is 471 g/mol. The van der Waals surface area contributed by atoms with Crippen molar-refractivity contribution in [2.24, 2.45) is 0 Å². The van der Waals surface area contributed by atoms with E-state index in [0.29, 0.717) is 0 Å². The molecule has 2 aromatic rings. The van der Waals surface area contributed by atoms with Crippen molar-refractivity contribution in [3.8, 4) is 0 Å². The Labute approximate surface area is 138 Å². The van der Waals surface area contributed by atoms with Crippen LogP contribution in [0.25, 0.3) is 11.2 Å². The predicted octanol–water partition coefficient (Wildman–Crippen LogP) is -2.69. The zero-order chi connectivity index (χ0) is 14.4. The van der Waals surface area contributed by atoms with E-state index in [9.17, 15) is 15.0 Å². The topological polar surface area (TPSA) is 160 Å². The van der Waals surface area contributed by atoms with E-state index >= 15 is 0 Å². The molecule has 110 valence electrons. The number of aliphatic hydroxyl groups is 3. The molecule has 1 fully saturated rings. The number of imidazole rings is 1. The van der Waals surface area contributed by atoms with Crippen LogP contribution in [0.15, 0.2) is 11.1 Å². The van der Waals surface area contributed by atoms with Crippen LogP contribution in [-0.4, -0.2) is 59.8 Å². The van der Waals surface area contributed by atoms with Crippen molar-refractivity contribution < 1.29 is 47.7 Å². The van der Waals surface area contributed by atoms with E-state index in [1.54, 1.807) is 0 Å². The van der Waals surface area contributed by atoms with Crippen LogP contribution in [0, 0.1) is 0 Å². The monoisotopic (exact) mass is 485 g/mol. The molecule has 1 saturated heterocycles. The molecule has 3 rings (SSSR count). The summed E-state index contributed by atoms with van der Waals surface area (Å²) in [6.45, 7) is -0.447. The zero-order valence-electron chi connectivity index (χ0n) is 10.9. The van der Waals surface area contributed by atoms with Gasteiger partial charge in [0, 0.05) is 27.7 Å². The summed E-state index contributed by atoms with van der Waals surface area (Å²) in [6.07, 6.45) is -3.21. The number of ether oxygens (including phenoxy) is 1. The number of rotatable bonds is 2. The largest absolute Gasteiger partial charge is 0.394 e. The second kappa shape index (κ2) is 5.97. The molecule has 6 N–H and O–H groups in total. The fraction of sp³-hybridized carbons (Fsp3) is 0.500. The average molecular weight is 484 g/mol. The van der Waals surface area contributed by atoms with E-state index in [1.807, 2.05) is 0 Å². The Hall–Kier alpha value is -1.07. The molecule has 10 nitrogen and oxygen atoms in total. The Balaban J connectivity index is 0.00000161. The Morgan fingerprint density at radius 3 is 2.76 bits per heavy atom. The fourth-order valence-corrected chi connectivity index (χ4v) is 2.24. The first-order chi connectivity index (χ1) is 9.52. The molecule has 11 heteroatoms. The molecule has 0 unspecified atom stereocenters. The summed E-state index contributed by atoms with van der Waals surface area (Å²) in [4.78, 5) is 21.8. The minimum Gasteiger partial charge on any atom is -0.394 e. The van der Waals surface area contributed by atoms with Gasteiger partial charge in [0.05, 0.1) is 12.9 Å². The number of nitrogens with one attached hydrogen (secondary N) is 1. The number of anilines is 1. The van der Waals surface area contributed by atoms with E-state index in [4.69, 9.17) is 15.6 Å². The molecule has 0 radical (unpaired) electrons. The van der Waals surface area contributed by atoms with Crippen molar-refractivity contribution in [3.05, 3.63) is 16.7 Å².